The summed E-state index contributed by atoms with van der Waals surface area (Å²) in [4.78, 5) is 0. The molecule has 0 radical (unpaired) electrons. The Hall–Kier alpha value is -2.10. The van der Waals surface area contributed by atoms with E-state index in [2.05, 4.69) is 9.84 Å². The molecule has 0 saturated heterocycles. The van der Waals surface area contributed by atoms with Crippen molar-refractivity contribution in [3.8, 4) is 5.75 Å². The number of quaternary nitrogens is 1. The van der Waals surface area contributed by atoms with Crippen molar-refractivity contribution < 1.29 is 35.5 Å². The molecule has 0 aliphatic carbocycles. The second-order valence-corrected chi connectivity index (χ2v) is 4.76. The average Bonchev–Trinajstić information content (AvgIpc) is 2.82. The second-order valence-electron chi connectivity index (χ2n) is 4.76. The van der Waals surface area contributed by atoms with E-state index >= 15 is 0 Å². The van der Waals surface area contributed by atoms with Crippen molar-refractivity contribution >= 4 is 11.4 Å². The van der Waals surface area contributed by atoms with Gasteiger partial charge in [0.2, 0.25) is 11.4 Å². The van der Waals surface area contributed by atoms with Gasteiger partial charge in [-0.15, -0.1) is 4.59 Å². The topological polar surface area (TPSA) is 21.6 Å². The Morgan fingerprint density at radius 3 is 2.22 bits per heavy atom. The standard InChI is InChI=1S/C13H10F7N2O/c1-22(7-6-10(21-22)12(16,17)18)8-4-2-3-5-9(8)23-13(19,20)11(14)15/h2-7,11H,1H3/q+1. The number of rotatable bonds is 4. The van der Waals surface area contributed by atoms with Gasteiger partial charge in [-0.2, -0.15) is 30.7 Å². The summed E-state index contributed by atoms with van der Waals surface area (Å²) < 4.78 is 91.7. The molecule has 1 aromatic carbocycles. The van der Waals surface area contributed by atoms with Gasteiger partial charge in [0.25, 0.3) is 0 Å². The first kappa shape index (κ1) is 17.3. The molecule has 10 heteroatoms. The van der Waals surface area contributed by atoms with Crippen molar-refractivity contribution in [1.82, 2.24) is 4.59 Å². The van der Waals surface area contributed by atoms with E-state index in [0.29, 0.717) is 6.08 Å². The van der Waals surface area contributed by atoms with E-state index in [1.54, 1.807) is 0 Å². The molecule has 1 atom stereocenters. The van der Waals surface area contributed by atoms with Gasteiger partial charge in [-0.1, -0.05) is 17.2 Å². The third-order valence-corrected chi connectivity index (χ3v) is 2.98. The van der Waals surface area contributed by atoms with Gasteiger partial charge in [0.05, 0.1) is 0 Å². The summed E-state index contributed by atoms with van der Waals surface area (Å²) >= 11 is 0. The first-order chi connectivity index (χ1) is 10.5. The number of benzene rings is 1. The van der Waals surface area contributed by atoms with Crippen LogP contribution in [0.2, 0.25) is 0 Å². The molecule has 23 heavy (non-hydrogen) atoms. The number of allylic oxidation sites excluding steroid dienone is 1. The molecule has 1 aromatic rings. The van der Waals surface area contributed by atoms with Gasteiger partial charge in [-0.05, 0) is 6.07 Å². The molecule has 2 rings (SSSR count). The van der Waals surface area contributed by atoms with Crippen LogP contribution in [0.25, 0.3) is 0 Å². The van der Waals surface area contributed by atoms with E-state index in [-0.39, 0.29) is 5.69 Å². The van der Waals surface area contributed by atoms with Crippen LogP contribution in [0.5, 0.6) is 5.75 Å². The molecule has 126 valence electrons. The van der Waals surface area contributed by atoms with E-state index in [1.165, 1.54) is 12.1 Å². The molecule has 3 nitrogen and oxygen atoms in total. The summed E-state index contributed by atoms with van der Waals surface area (Å²) in [5.41, 5.74) is -1.47. The lowest BCUT2D eigenvalue weighted by molar-refractivity contribution is -0.253. The van der Waals surface area contributed by atoms with Crippen LogP contribution in [0.3, 0.4) is 0 Å². The quantitative estimate of drug-likeness (QED) is 0.590. The van der Waals surface area contributed by atoms with Crippen molar-refractivity contribution in [1.29, 1.82) is 0 Å². The first-order valence-corrected chi connectivity index (χ1v) is 6.13. The smallest absolute Gasteiger partial charge is 0.422 e. The monoisotopic (exact) mass is 343 g/mol. The predicted molar refractivity (Wildman–Crippen MR) is 68.4 cm³/mol. The molecule has 1 unspecified atom stereocenters. The van der Waals surface area contributed by atoms with Gasteiger partial charge in [-0.25, -0.2) is 0 Å². The molecule has 0 fully saturated rings. The van der Waals surface area contributed by atoms with E-state index in [4.69, 9.17) is 0 Å². The van der Waals surface area contributed by atoms with Crippen LogP contribution in [0.4, 0.5) is 36.4 Å². The number of hydrogen-bond donors (Lipinski definition) is 0. The number of halogens is 7. The fraction of sp³-hybridized carbons (Fsp3) is 0.308. The minimum Gasteiger partial charge on any atom is -0.422 e. The maximum Gasteiger partial charge on any atom is 0.461 e. The third kappa shape index (κ3) is 3.46. The fourth-order valence-corrected chi connectivity index (χ4v) is 1.90. The van der Waals surface area contributed by atoms with Gasteiger partial charge in [0.15, 0.2) is 5.75 Å². The van der Waals surface area contributed by atoms with Crippen LogP contribution in [0.1, 0.15) is 0 Å². The van der Waals surface area contributed by atoms with Crippen molar-refractivity contribution in [2.45, 2.75) is 18.7 Å². The normalized spacial score (nSPS) is 21.7. The van der Waals surface area contributed by atoms with Gasteiger partial charge < -0.3 is 4.74 Å². The first-order valence-electron chi connectivity index (χ1n) is 6.13. The molecule has 0 amide bonds. The Labute approximate surface area is 125 Å². The molecule has 0 N–H and O–H groups in total. The van der Waals surface area contributed by atoms with Crippen LogP contribution < -0.4 is 9.33 Å². The highest BCUT2D eigenvalue weighted by Gasteiger charge is 2.47. The molecule has 1 aliphatic rings. The minimum atomic E-state index is -4.78. The number of hydrogen-bond acceptors (Lipinski definition) is 2. The maximum absolute atomic E-state index is 13.1. The Balaban J connectivity index is 2.43. The van der Waals surface area contributed by atoms with Crippen LogP contribution in [-0.2, 0) is 0 Å². The zero-order valence-electron chi connectivity index (χ0n) is 11.5. The highest BCUT2D eigenvalue weighted by Crippen LogP contribution is 2.40. The van der Waals surface area contributed by atoms with Crippen molar-refractivity contribution in [3.05, 3.63) is 36.5 Å². The van der Waals surface area contributed by atoms with Gasteiger partial charge in [-0.3, -0.25) is 0 Å². The van der Waals surface area contributed by atoms with Crippen LogP contribution in [-0.4, -0.2) is 31.5 Å². The molecule has 0 aromatic heterocycles. The summed E-state index contributed by atoms with van der Waals surface area (Å²) in [5, 5.41) is 3.40. The Morgan fingerprint density at radius 1 is 1.09 bits per heavy atom. The zero-order valence-corrected chi connectivity index (χ0v) is 11.5. The van der Waals surface area contributed by atoms with E-state index in [1.807, 2.05) is 0 Å². The molecular formula is C13H10F7N2O+. The SMILES string of the molecule is C[N+]1(c2ccccc2OC(F)(F)C(F)F)C=CC(C(F)(F)F)=N1. The van der Waals surface area contributed by atoms with Crippen LogP contribution in [0, 0.1) is 0 Å². The third-order valence-electron chi connectivity index (χ3n) is 2.98. The maximum atomic E-state index is 13.1. The highest BCUT2D eigenvalue weighted by atomic mass is 19.4. The minimum absolute atomic E-state index is 0.247. The second kappa shape index (κ2) is 5.52. The zero-order chi connectivity index (χ0) is 17.5. The number of alkyl halides is 7. The Kier molecular flexibility index (Phi) is 4.14. The summed E-state index contributed by atoms with van der Waals surface area (Å²) in [7, 11) is 1.16. The average molecular weight is 343 g/mol. The van der Waals surface area contributed by atoms with Crippen LogP contribution >= 0.6 is 0 Å². The summed E-state index contributed by atoms with van der Waals surface area (Å²) in [6, 6.07) is 4.66. The van der Waals surface area contributed by atoms with Crippen molar-refractivity contribution in [3.63, 3.8) is 0 Å². The Morgan fingerprint density at radius 2 is 1.70 bits per heavy atom. The molecular weight excluding hydrogens is 333 g/mol. The lowest BCUT2D eigenvalue weighted by atomic mass is 10.2. The van der Waals surface area contributed by atoms with Crippen molar-refractivity contribution in [2.75, 3.05) is 7.05 Å². The van der Waals surface area contributed by atoms with E-state index in [9.17, 15) is 30.7 Å². The van der Waals surface area contributed by atoms with Crippen LogP contribution in [0.15, 0.2) is 41.6 Å². The fourth-order valence-electron chi connectivity index (χ4n) is 1.90. The Bertz CT molecular complexity index is 654. The number of ether oxygens (including phenoxy) is 1. The highest BCUT2D eigenvalue weighted by molar-refractivity contribution is 6.01. The summed E-state index contributed by atoms with van der Waals surface area (Å²) in [6.07, 6.45) is -12.0. The lowest BCUT2D eigenvalue weighted by Gasteiger charge is -2.24. The molecule has 1 aliphatic heterocycles. The molecule has 0 spiro atoms. The van der Waals surface area contributed by atoms with Gasteiger partial charge in [0, 0.05) is 12.1 Å². The lowest BCUT2D eigenvalue weighted by Crippen LogP contribution is -2.36. The predicted octanol–water partition coefficient (Wildman–Crippen LogP) is 4.31. The summed E-state index contributed by atoms with van der Waals surface area (Å²) in [5.74, 6) is -0.697. The largest absolute Gasteiger partial charge is 0.461 e. The van der Waals surface area contributed by atoms with Crippen molar-refractivity contribution in [2.24, 2.45) is 5.10 Å². The van der Waals surface area contributed by atoms with Gasteiger partial charge >= 0.3 is 18.7 Å². The number of para-hydroxylation sites is 2. The van der Waals surface area contributed by atoms with E-state index < -0.39 is 34.8 Å². The number of nitrogens with zero attached hydrogens (tertiary/aromatic N) is 2. The molecule has 1 heterocycles. The van der Waals surface area contributed by atoms with E-state index in [0.717, 1.165) is 25.4 Å². The summed E-state index contributed by atoms with van der Waals surface area (Å²) in [6.45, 7) is 0. The molecule has 0 bridgehead atoms. The van der Waals surface area contributed by atoms with Gasteiger partial charge in [0.1, 0.15) is 13.2 Å². The molecule has 0 saturated carbocycles.